The van der Waals surface area contributed by atoms with Crippen LogP contribution >= 0.6 is 0 Å². The number of carbonyl (C=O) groups is 3. The van der Waals surface area contributed by atoms with Crippen LogP contribution in [0.1, 0.15) is 43.2 Å². The number of fused-ring (bicyclic) bond motifs is 3. The Morgan fingerprint density at radius 2 is 1.66 bits per heavy atom. The monoisotopic (exact) mass is 436 g/mol. The maximum atomic E-state index is 12.6. The molecular formula is C25H28N2O5. The van der Waals surface area contributed by atoms with E-state index in [1.807, 2.05) is 24.3 Å². The molecule has 3 atom stereocenters. The van der Waals surface area contributed by atoms with Crippen molar-refractivity contribution in [1.82, 2.24) is 10.6 Å². The largest absolute Gasteiger partial charge is 0.481 e. The molecule has 0 radical (unpaired) electrons. The maximum Gasteiger partial charge on any atom is 0.407 e. The molecule has 32 heavy (non-hydrogen) atoms. The number of hydrogen-bond acceptors (Lipinski definition) is 4. The molecule has 0 aliphatic heterocycles. The summed E-state index contributed by atoms with van der Waals surface area (Å²) in [5.41, 5.74) is 4.62. The van der Waals surface area contributed by atoms with Crippen LogP contribution in [-0.2, 0) is 14.3 Å². The molecule has 0 spiro atoms. The van der Waals surface area contributed by atoms with Gasteiger partial charge in [0, 0.05) is 18.5 Å². The second kappa shape index (κ2) is 9.42. The number of rotatable bonds is 7. The quantitative estimate of drug-likeness (QED) is 0.616. The van der Waals surface area contributed by atoms with Gasteiger partial charge < -0.3 is 20.5 Å². The van der Waals surface area contributed by atoms with Crippen LogP contribution in [0.5, 0.6) is 0 Å². The summed E-state index contributed by atoms with van der Waals surface area (Å²) in [6.45, 7) is 1.84. The van der Waals surface area contributed by atoms with Crippen molar-refractivity contribution in [3.8, 4) is 11.1 Å². The minimum absolute atomic E-state index is 0.0201. The number of carboxylic acids is 1. The van der Waals surface area contributed by atoms with Gasteiger partial charge in [-0.25, -0.2) is 4.79 Å². The highest BCUT2D eigenvalue weighted by Crippen LogP contribution is 2.44. The molecule has 3 unspecified atom stereocenters. The highest BCUT2D eigenvalue weighted by Gasteiger charge is 2.35. The Balaban J connectivity index is 1.34. The van der Waals surface area contributed by atoms with Crippen LogP contribution in [0.2, 0.25) is 0 Å². The molecule has 0 heterocycles. The van der Waals surface area contributed by atoms with E-state index in [0.717, 1.165) is 17.5 Å². The fraction of sp³-hybridized carbons (Fsp3) is 0.400. The fourth-order valence-corrected chi connectivity index (χ4v) is 4.71. The first kappa shape index (κ1) is 21.9. The predicted octanol–water partition coefficient (Wildman–Crippen LogP) is 3.53. The van der Waals surface area contributed by atoms with Crippen molar-refractivity contribution in [2.24, 2.45) is 11.8 Å². The summed E-state index contributed by atoms with van der Waals surface area (Å²) >= 11 is 0. The summed E-state index contributed by atoms with van der Waals surface area (Å²) in [4.78, 5) is 36.0. The lowest BCUT2D eigenvalue weighted by molar-refractivity contribution is -0.141. The third kappa shape index (κ3) is 4.47. The Kier molecular flexibility index (Phi) is 6.44. The Morgan fingerprint density at radius 1 is 1.03 bits per heavy atom. The number of alkyl carbamates (subject to hydrolysis) is 1. The molecule has 2 aromatic carbocycles. The van der Waals surface area contributed by atoms with Crippen molar-refractivity contribution in [3.63, 3.8) is 0 Å². The maximum absolute atomic E-state index is 12.6. The second-order valence-electron chi connectivity index (χ2n) is 8.60. The first-order valence-electron chi connectivity index (χ1n) is 11.1. The molecule has 7 nitrogen and oxygen atoms in total. The standard InChI is InChI=1S/C25H28N2O5/c1-15(24(29)30)13-26-23(28)20-11-6-12-22(20)27-25(31)32-14-21-18-9-4-2-7-16(18)17-8-3-5-10-19(17)21/h2-5,7-10,15,20-22H,6,11-14H2,1H3,(H,26,28)(H,27,31)(H,29,30). The van der Waals surface area contributed by atoms with Gasteiger partial charge in [-0.05, 0) is 35.1 Å². The molecule has 2 aromatic rings. The number of hydrogen-bond donors (Lipinski definition) is 3. The van der Waals surface area contributed by atoms with Gasteiger partial charge in [0.1, 0.15) is 6.61 Å². The molecule has 4 rings (SSSR count). The van der Waals surface area contributed by atoms with Gasteiger partial charge in [-0.15, -0.1) is 0 Å². The van der Waals surface area contributed by atoms with Crippen molar-refractivity contribution in [1.29, 1.82) is 0 Å². The third-order valence-electron chi connectivity index (χ3n) is 6.50. The number of benzene rings is 2. The summed E-state index contributed by atoms with van der Waals surface area (Å²) in [7, 11) is 0. The average Bonchev–Trinajstić information content (AvgIpc) is 3.38. The highest BCUT2D eigenvalue weighted by molar-refractivity contribution is 5.82. The average molecular weight is 437 g/mol. The van der Waals surface area contributed by atoms with E-state index in [1.165, 1.54) is 11.1 Å². The van der Waals surface area contributed by atoms with Gasteiger partial charge in [0.2, 0.25) is 5.91 Å². The van der Waals surface area contributed by atoms with Crippen LogP contribution in [-0.4, -0.2) is 42.3 Å². The summed E-state index contributed by atoms with van der Waals surface area (Å²) < 4.78 is 5.60. The fourth-order valence-electron chi connectivity index (χ4n) is 4.71. The van der Waals surface area contributed by atoms with Gasteiger partial charge >= 0.3 is 12.1 Å². The van der Waals surface area contributed by atoms with Crippen LogP contribution in [0.4, 0.5) is 4.79 Å². The van der Waals surface area contributed by atoms with E-state index in [2.05, 4.69) is 34.9 Å². The smallest absolute Gasteiger partial charge is 0.407 e. The van der Waals surface area contributed by atoms with Crippen molar-refractivity contribution in [3.05, 3.63) is 59.7 Å². The van der Waals surface area contributed by atoms with E-state index < -0.39 is 18.0 Å². The van der Waals surface area contributed by atoms with Gasteiger partial charge in [-0.2, -0.15) is 0 Å². The molecule has 0 aromatic heterocycles. The van der Waals surface area contributed by atoms with E-state index in [0.29, 0.717) is 12.8 Å². The van der Waals surface area contributed by atoms with E-state index >= 15 is 0 Å². The molecule has 0 saturated heterocycles. The second-order valence-corrected chi connectivity index (χ2v) is 8.60. The zero-order chi connectivity index (χ0) is 22.7. The van der Waals surface area contributed by atoms with Gasteiger partial charge in [0.05, 0.1) is 11.8 Å². The SMILES string of the molecule is CC(CNC(=O)C1CCCC1NC(=O)OCC1c2ccccc2-c2ccccc21)C(=O)O. The summed E-state index contributed by atoms with van der Waals surface area (Å²) in [5.74, 6) is -2.23. The minimum Gasteiger partial charge on any atom is -0.481 e. The molecule has 3 N–H and O–H groups in total. The van der Waals surface area contributed by atoms with Gasteiger partial charge in [0.25, 0.3) is 0 Å². The summed E-state index contributed by atoms with van der Waals surface area (Å²) in [6.07, 6.45) is 1.63. The van der Waals surface area contributed by atoms with Crippen molar-refractivity contribution in [2.75, 3.05) is 13.2 Å². The van der Waals surface area contributed by atoms with Gasteiger partial charge in [-0.3, -0.25) is 9.59 Å². The van der Waals surface area contributed by atoms with Crippen LogP contribution < -0.4 is 10.6 Å². The van der Waals surface area contributed by atoms with Crippen LogP contribution in [0.3, 0.4) is 0 Å². The number of aliphatic carboxylic acids is 1. The number of amides is 2. The molecule has 1 fully saturated rings. The molecule has 1 saturated carbocycles. The minimum atomic E-state index is -0.954. The van der Waals surface area contributed by atoms with E-state index in [-0.39, 0.29) is 36.9 Å². The lowest BCUT2D eigenvalue weighted by Gasteiger charge is -2.21. The van der Waals surface area contributed by atoms with Gasteiger partial charge in [0.15, 0.2) is 0 Å². The lowest BCUT2D eigenvalue weighted by atomic mass is 9.98. The van der Waals surface area contributed by atoms with Crippen LogP contribution in [0.15, 0.2) is 48.5 Å². The third-order valence-corrected chi connectivity index (χ3v) is 6.50. The molecular weight excluding hydrogens is 408 g/mol. The number of ether oxygens (including phenoxy) is 1. The highest BCUT2D eigenvalue weighted by atomic mass is 16.5. The Hall–Kier alpha value is -3.35. The number of carboxylic acid groups (broad SMARTS) is 1. The Labute approximate surface area is 187 Å². The number of nitrogens with one attached hydrogen (secondary N) is 2. The summed E-state index contributed by atoms with van der Waals surface area (Å²) in [6, 6.07) is 16.0. The number of carbonyl (C=O) groups excluding carboxylic acids is 2. The van der Waals surface area contributed by atoms with Crippen LogP contribution in [0, 0.1) is 11.8 Å². The van der Waals surface area contributed by atoms with E-state index in [1.54, 1.807) is 6.92 Å². The predicted molar refractivity (Wildman–Crippen MR) is 119 cm³/mol. The Bertz CT molecular complexity index is 975. The molecule has 7 heteroatoms. The normalized spacial score (nSPS) is 20.2. The first-order chi connectivity index (χ1) is 15.5. The zero-order valence-corrected chi connectivity index (χ0v) is 18.0. The summed E-state index contributed by atoms with van der Waals surface area (Å²) in [5, 5.41) is 14.5. The van der Waals surface area contributed by atoms with E-state index in [9.17, 15) is 14.4 Å². The molecule has 168 valence electrons. The zero-order valence-electron chi connectivity index (χ0n) is 18.0. The Morgan fingerprint density at radius 3 is 2.28 bits per heavy atom. The molecule has 2 amide bonds. The lowest BCUT2D eigenvalue weighted by Crippen LogP contribution is -2.45. The van der Waals surface area contributed by atoms with Crippen molar-refractivity contribution < 1.29 is 24.2 Å². The molecule has 2 aliphatic carbocycles. The van der Waals surface area contributed by atoms with Crippen molar-refractivity contribution in [2.45, 2.75) is 38.1 Å². The van der Waals surface area contributed by atoms with E-state index in [4.69, 9.17) is 9.84 Å². The first-order valence-corrected chi connectivity index (χ1v) is 11.1. The van der Waals surface area contributed by atoms with Crippen LogP contribution in [0.25, 0.3) is 11.1 Å². The molecule has 0 bridgehead atoms. The van der Waals surface area contributed by atoms with Gasteiger partial charge in [-0.1, -0.05) is 61.9 Å². The van der Waals surface area contributed by atoms with Crippen molar-refractivity contribution >= 4 is 18.0 Å². The topological polar surface area (TPSA) is 105 Å². The molecule has 2 aliphatic rings.